The first-order valence-corrected chi connectivity index (χ1v) is 6.55. The van der Waals surface area contributed by atoms with Gasteiger partial charge in [-0.25, -0.2) is 0 Å². The molecule has 0 fully saturated rings. The highest BCUT2D eigenvalue weighted by atomic mass is 79.9. The summed E-state index contributed by atoms with van der Waals surface area (Å²) in [5, 5.41) is 2.85. The lowest BCUT2D eigenvalue weighted by molar-refractivity contribution is -0.116. The number of anilines is 2. The van der Waals surface area contributed by atoms with Crippen LogP contribution in [0.1, 0.15) is 32.3 Å². The minimum atomic E-state index is 0.00922. The topological polar surface area (TPSA) is 55.1 Å². The number of aryl methyl sites for hydroxylation is 1. The summed E-state index contributed by atoms with van der Waals surface area (Å²) in [6.45, 7) is 6.17. The predicted molar refractivity (Wildman–Crippen MR) is 76.0 cm³/mol. The molecule has 4 heteroatoms. The van der Waals surface area contributed by atoms with Gasteiger partial charge in [-0.2, -0.15) is 0 Å². The molecule has 0 heterocycles. The lowest BCUT2D eigenvalue weighted by Gasteiger charge is -2.12. The summed E-state index contributed by atoms with van der Waals surface area (Å²) in [4.78, 5) is 11.7. The molecule has 1 aromatic carbocycles. The van der Waals surface area contributed by atoms with Crippen LogP contribution in [0.15, 0.2) is 16.6 Å². The minimum Gasteiger partial charge on any atom is -0.397 e. The molecule has 0 aliphatic carbocycles. The number of rotatable bonds is 4. The van der Waals surface area contributed by atoms with Crippen LogP contribution in [0.3, 0.4) is 0 Å². The van der Waals surface area contributed by atoms with Gasteiger partial charge in [-0.05, 0) is 52.9 Å². The number of amides is 1. The molecule has 0 bridgehead atoms. The van der Waals surface area contributed by atoms with E-state index in [1.807, 2.05) is 19.1 Å². The molecule has 0 aliphatic rings. The third-order valence-corrected chi connectivity index (χ3v) is 3.10. The van der Waals surface area contributed by atoms with E-state index in [9.17, 15) is 4.79 Å². The molecule has 17 heavy (non-hydrogen) atoms. The van der Waals surface area contributed by atoms with E-state index in [0.29, 0.717) is 23.7 Å². The Morgan fingerprint density at radius 2 is 2.12 bits per heavy atom. The zero-order valence-electron chi connectivity index (χ0n) is 10.5. The summed E-state index contributed by atoms with van der Waals surface area (Å²) in [5.74, 6) is 0.537. The fourth-order valence-electron chi connectivity index (χ4n) is 1.52. The summed E-state index contributed by atoms with van der Waals surface area (Å²) < 4.78 is 0.827. The van der Waals surface area contributed by atoms with Gasteiger partial charge in [0.2, 0.25) is 5.91 Å². The Hall–Kier alpha value is -1.03. The van der Waals surface area contributed by atoms with Gasteiger partial charge < -0.3 is 11.1 Å². The number of nitrogen functional groups attached to an aromatic ring is 1. The molecule has 0 unspecified atom stereocenters. The number of nitrogens with two attached hydrogens (primary N) is 1. The van der Waals surface area contributed by atoms with Gasteiger partial charge in [-0.15, -0.1) is 0 Å². The molecule has 0 atom stereocenters. The maximum atomic E-state index is 11.7. The smallest absolute Gasteiger partial charge is 0.224 e. The van der Waals surface area contributed by atoms with Crippen LogP contribution in [0, 0.1) is 12.8 Å². The monoisotopic (exact) mass is 298 g/mol. The maximum absolute atomic E-state index is 11.7. The molecule has 3 N–H and O–H groups in total. The van der Waals surface area contributed by atoms with Crippen LogP contribution in [0.2, 0.25) is 0 Å². The van der Waals surface area contributed by atoms with Gasteiger partial charge in [0.05, 0.1) is 11.4 Å². The van der Waals surface area contributed by atoms with Crippen LogP contribution in [0.25, 0.3) is 0 Å². The summed E-state index contributed by atoms with van der Waals surface area (Å²) in [6, 6.07) is 3.79. The molecule has 0 aliphatic heterocycles. The predicted octanol–water partition coefficient (Wildman–Crippen LogP) is 3.71. The van der Waals surface area contributed by atoms with E-state index in [1.54, 1.807) is 0 Å². The summed E-state index contributed by atoms with van der Waals surface area (Å²) in [7, 11) is 0. The molecule has 0 aromatic heterocycles. The van der Waals surface area contributed by atoms with E-state index in [4.69, 9.17) is 5.73 Å². The molecule has 0 saturated carbocycles. The maximum Gasteiger partial charge on any atom is 0.224 e. The van der Waals surface area contributed by atoms with E-state index < -0.39 is 0 Å². The molecular weight excluding hydrogens is 280 g/mol. The van der Waals surface area contributed by atoms with Crippen LogP contribution < -0.4 is 11.1 Å². The Kier molecular flexibility index (Phi) is 5.00. The summed E-state index contributed by atoms with van der Waals surface area (Å²) >= 11 is 3.41. The largest absolute Gasteiger partial charge is 0.397 e. The zero-order chi connectivity index (χ0) is 13.0. The number of carbonyl (C=O) groups excluding carboxylic acids is 1. The standard InChI is InChI=1S/C13H19BrN2O/c1-8(2)4-5-12(17)16-13-10(14)6-9(3)7-11(13)15/h6-8H,4-5,15H2,1-3H3,(H,16,17). The Morgan fingerprint density at radius 3 is 2.65 bits per heavy atom. The van der Waals surface area contributed by atoms with Crippen molar-refractivity contribution in [3.05, 3.63) is 22.2 Å². The average Bonchev–Trinajstić information content (AvgIpc) is 2.20. The number of halogens is 1. The minimum absolute atomic E-state index is 0.00922. The Labute approximate surface area is 111 Å². The lowest BCUT2D eigenvalue weighted by Crippen LogP contribution is -2.14. The summed E-state index contributed by atoms with van der Waals surface area (Å²) in [6.07, 6.45) is 1.41. The molecular formula is C13H19BrN2O. The quantitative estimate of drug-likeness (QED) is 0.833. The molecule has 94 valence electrons. The molecule has 0 radical (unpaired) electrons. The second kappa shape index (κ2) is 6.05. The molecule has 1 amide bonds. The Morgan fingerprint density at radius 1 is 1.47 bits per heavy atom. The van der Waals surface area contributed by atoms with Crippen molar-refractivity contribution in [2.24, 2.45) is 5.92 Å². The van der Waals surface area contributed by atoms with Crippen LogP contribution in [0.5, 0.6) is 0 Å². The highest BCUT2D eigenvalue weighted by Gasteiger charge is 2.10. The molecule has 1 aromatic rings. The van der Waals surface area contributed by atoms with Gasteiger partial charge in [0.15, 0.2) is 0 Å². The van der Waals surface area contributed by atoms with Crippen molar-refractivity contribution in [2.45, 2.75) is 33.6 Å². The van der Waals surface area contributed by atoms with Crippen molar-refractivity contribution in [1.82, 2.24) is 0 Å². The third-order valence-electron chi connectivity index (χ3n) is 2.48. The van der Waals surface area contributed by atoms with Gasteiger partial charge in [-0.3, -0.25) is 4.79 Å². The van der Waals surface area contributed by atoms with Crippen molar-refractivity contribution >= 4 is 33.2 Å². The third kappa shape index (κ3) is 4.38. The number of hydrogen-bond donors (Lipinski definition) is 2. The number of carbonyl (C=O) groups is 1. The first-order chi connectivity index (χ1) is 7.90. The highest BCUT2D eigenvalue weighted by Crippen LogP contribution is 2.30. The van der Waals surface area contributed by atoms with E-state index in [1.165, 1.54) is 0 Å². The lowest BCUT2D eigenvalue weighted by atomic mass is 10.1. The Balaban J connectivity index is 2.72. The van der Waals surface area contributed by atoms with Gasteiger partial charge in [0.25, 0.3) is 0 Å². The van der Waals surface area contributed by atoms with Crippen LogP contribution in [0.4, 0.5) is 11.4 Å². The normalized spacial score (nSPS) is 10.6. The molecule has 0 spiro atoms. The van der Waals surface area contributed by atoms with E-state index in [0.717, 1.165) is 16.5 Å². The summed E-state index contributed by atoms with van der Waals surface area (Å²) in [5.41, 5.74) is 8.21. The van der Waals surface area contributed by atoms with E-state index in [-0.39, 0.29) is 5.91 Å². The second-order valence-corrected chi connectivity index (χ2v) is 5.55. The fraction of sp³-hybridized carbons (Fsp3) is 0.462. The van der Waals surface area contributed by atoms with Crippen LogP contribution >= 0.6 is 15.9 Å². The van der Waals surface area contributed by atoms with Crippen molar-refractivity contribution < 1.29 is 4.79 Å². The van der Waals surface area contributed by atoms with Crippen LogP contribution in [-0.4, -0.2) is 5.91 Å². The number of nitrogens with one attached hydrogen (secondary N) is 1. The number of hydrogen-bond acceptors (Lipinski definition) is 2. The highest BCUT2D eigenvalue weighted by molar-refractivity contribution is 9.10. The molecule has 1 rings (SSSR count). The Bertz CT molecular complexity index is 393. The molecule has 3 nitrogen and oxygen atoms in total. The van der Waals surface area contributed by atoms with Crippen molar-refractivity contribution in [1.29, 1.82) is 0 Å². The SMILES string of the molecule is Cc1cc(N)c(NC(=O)CCC(C)C)c(Br)c1. The first-order valence-electron chi connectivity index (χ1n) is 5.75. The second-order valence-electron chi connectivity index (χ2n) is 4.69. The van der Waals surface area contributed by atoms with Crippen LogP contribution in [-0.2, 0) is 4.79 Å². The van der Waals surface area contributed by atoms with E-state index in [2.05, 4.69) is 35.1 Å². The van der Waals surface area contributed by atoms with Gasteiger partial charge in [0, 0.05) is 10.9 Å². The first kappa shape index (κ1) is 14.0. The van der Waals surface area contributed by atoms with Gasteiger partial charge in [0.1, 0.15) is 0 Å². The van der Waals surface area contributed by atoms with E-state index >= 15 is 0 Å². The number of benzene rings is 1. The van der Waals surface area contributed by atoms with Crippen molar-refractivity contribution in [3.63, 3.8) is 0 Å². The fourth-order valence-corrected chi connectivity index (χ4v) is 2.21. The van der Waals surface area contributed by atoms with Crippen molar-refractivity contribution in [3.8, 4) is 0 Å². The zero-order valence-corrected chi connectivity index (χ0v) is 12.1. The van der Waals surface area contributed by atoms with Gasteiger partial charge in [-0.1, -0.05) is 13.8 Å². The van der Waals surface area contributed by atoms with Gasteiger partial charge >= 0.3 is 0 Å². The van der Waals surface area contributed by atoms with Crippen molar-refractivity contribution in [2.75, 3.05) is 11.1 Å². The molecule has 0 saturated heterocycles. The average molecular weight is 299 g/mol.